The first kappa shape index (κ1) is 12.9. The van der Waals surface area contributed by atoms with Crippen molar-refractivity contribution in [3.8, 4) is 0 Å². The Morgan fingerprint density at radius 1 is 1.33 bits per heavy atom. The summed E-state index contributed by atoms with van der Waals surface area (Å²) in [5.41, 5.74) is 7.39. The molecule has 0 saturated carbocycles. The summed E-state index contributed by atoms with van der Waals surface area (Å²) in [5.74, 6) is 0.838. The quantitative estimate of drug-likeness (QED) is 0.630. The molecule has 1 fully saturated rings. The first-order valence-corrected chi connectivity index (χ1v) is 6.40. The molecule has 1 aliphatic rings. The maximum atomic E-state index is 7.37. The molecule has 4 nitrogen and oxygen atoms in total. The molecule has 3 N–H and O–H groups in total. The van der Waals surface area contributed by atoms with Crippen molar-refractivity contribution in [2.75, 3.05) is 31.7 Å². The van der Waals surface area contributed by atoms with Gasteiger partial charge in [-0.05, 0) is 43.0 Å². The summed E-state index contributed by atoms with van der Waals surface area (Å²) < 4.78 is 5.37. The molecule has 1 aromatic rings. The standard InChI is InChI=1S/C14H21N3O/c1-17(10-11-6-8-18-9-7-11)13-4-2-12(3-5-13)14(15)16/h2-5,11H,6-10H2,1H3,(H3,15,16). The highest BCUT2D eigenvalue weighted by Gasteiger charge is 2.15. The number of amidine groups is 1. The number of hydrogen-bond acceptors (Lipinski definition) is 3. The molecule has 0 unspecified atom stereocenters. The zero-order valence-corrected chi connectivity index (χ0v) is 10.9. The predicted molar refractivity (Wildman–Crippen MR) is 74.3 cm³/mol. The second-order valence-corrected chi connectivity index (χ2v) is 4.90. The zero-order valence-electron chi connectivity index (χ0n) is 10.9. The van der Waals surface area contributed by atoms with Gasteiger partial charge in [0.15, 0.2) is 0 Å². The molecule has 0 amide bonds. The van der Waals surface area contributed by atoms with Crippen LogP contribution in [0.4, 0.5) is 5.69 Å². The van der Waals surface area contributed by atoms with E-state index in [4.69, 9.17) is 15.9 Å². The molecule has 1 heterocycles. The van der Waals surface area contributed by atoms with Crippen LogP contribution in [0.2, 0.25) is 0 Å². The largest absolute Gasteiger partial charge is 0.384 e. The second kappa shape index (κ2) is 5.87. The van der Waals surface area contributed by atoms with Gasteiger partial charge in [-0.25, -0.2) is 0 Å². The number of nitrogens with zero attached hydrogens (tertiary/aromatic N) is 1. The minimum atomic E-state index is 0.119. The molecule has 2 rings (SSSR count). The van der Waals surface area contributed by atoms with Gasteiger partial charge in [0.05, 0.1) is 0 Å². The van der Waals surface area contributed by atoms with E-state index in [0.717, 1.165) is 44.1 Å². The van der Waals surface area contributed by atoms with E-state index >= 15 is 0 Å². The van der Waals surface area contributed by atoms with E-state index in [1.807, 2.05) is 24.3 Å². The molecule has 0 aromatic heterocycles. The number of hydrogen-bond donors (Lipinski definition) is 2. The molecule has 1 aromatic carbocycles. The van der Waals surface area contributed by atoms with Crippen molar-refractivity contribution in [3.05, 3.63) is 29.8 Å². The van der Waals surface area contributed by atoms with Gasteiger partial charge in [0.2, 0.25) is 0 Å². The molecular weight excluding hydrogens is 226 g/mol. The Kier molecular flexibility index (Phi) is 4.20. The van der Waals surface area contributed by atoms with Crippen molar-refractivity contribution in [3.63, 3.8) is 0 Å². The highest BCUT2D eigenvalue weighted by molar-refractivity contribution is 5.95. The van der Waals surface area contributed by atoms with Crippen LogP contribution in [0.3, 0.4) is 0 Å². The van der Waals surface area contributed by atoms with Crippen LogP contribution in [0.15, 0.2) is 24.3 Å². The Morgan fingerprint density at radius 2 is 1.94 bits per heavy atom. The van der Waals surface area contributed by atoms with E-state index in [1.165, 1.54) is 5.69 Å². The number of nitrogens with two attached hydrogens (primary N) is 1. The lowest BCUT2D eigenvalue weighted by molar-refractivity contribution is 0.0685. The number of nitrogen functional groups attached to an aromatic ring is 1. The summed E-state index contributed by atoms with van der Waals surface area (Å²) in [6.07, 6.45) is 2.30. The van der Waals surface area contributed by atoms with Gasteiger partial charge in [0.25, 0.3) is 0 Å². The molecule has 0 spiro atoms. The third-order valence-corrected chi connectivity index (χ3v) is 3.49. The first-order valence-electron chi connectivity index (χ1n) is 6.40. The summed E-state index contributed by atoms with van der Waals surface area (Å²) in [5, 5.41) is 7.37. The van der Waals surface area contributed by atoms with Gasteiger partial charge in [0, 0.05) is 38.1 Å². The summed E-state index contributed by atoms with van der Waals surface area (Å²) in [4.78, 5) is 2.26. The lowest BCUT2D eigenvalue weighted by Crippen LogP contribution is -2.29. The van der Waals surface area contributed by atoms with Crippen molar-refractivity contribution < 1.29 is 4.74 Å². The monoisotopic (exact) mass is 247 g/mol. The highest BCUT2D eigenvalue weighted by atomic mass is 16.5. The summed E-state index contributed by atoms with van der Waals surface area (Å²) >= 11 is 0. The lowest BCUT2D eigenvalue weighted by atomic mass is 9.99. The SMILES string of the molecule is CN(CC1CCOCC1)c1ccc(C(=N)N)cc1. The highest BCUT2D eigenvalue weighted by Crippen LogP contribution is 2.20. The van der Waals surface area contributed by atoms with Gasteiger partial charge < -0.3 is 15.4 Å². The van der Waals surface area contributed by atoms with Gasteiger partial charge in [-0.3, -0.25) is 5.41 Å². The third-order valence-electron chi connectivity index (χ3n) is 3.49. The van der Waals surface area contributed by atoms with Crippen molar-refractivity contribution in [1.29, 1.82) is 5.41 Å². The Labute approximate surface area is 108 Å². The normalized spacial score (nSPS) is 16.5. The van der Waals surface area contributed by atoms with Crippen LogP contribution >= 0.6 is 0 Å². The van der Waals surface area contributed by atoms with E-state index in [9.17, 15) is 0 Å². The summed E-state index contributed by atoms with van der Waals surface area (Å²) in [7, 11) is 2.11. The smallest absolute Gasteiger partial charge is 0.122 e. The van der Waals surface area contributed by atoms with E-state index in [0.29, 0.717) is 0 Å². The minimum Gasteiger partial charge on any atom is -0.384 e. The average Bonchev–Trinajstić information content (AvgIpc) is 2.40. The van der Waals surface area contributed by atoms with Crippen LogP contribution < -0.4 is 10.6 Å². The summed E-state index contributed by atoms with van der Waals surface area (Å²) in [6, 6.07) is 7.85. The number of nitrogens with one attached hydrogen (secondary N) is 1. The average molecular weight is 247 g/mol. The Balaban J connectivity index is 1.95. The Morgan fingerprint density at radius 3 is 2.50 bits per heavy atom. The summed E-state index contributed by atoms with van der Waals surface area (Å²) in [6.45, 7) is 2.84. The molecule has 98 valence electrons. The van der Waals surface area contributed by atoms with Crippen molar-refractivity contribution in [2.45, 2.75) is 12.8 Å². The molecule has 1 aliphatic heterocycles. The maximum Gasteiger partial charge on any atom is 0.122 e. The van der Waals surface area contributed by atoms with Crippen LogP contribution in [-0.4, -0.2) is 32.6 Å². The minimum absolute atomic E-state index is 0.119. The number of rotatable bonds is 4. The first-order chi connectivity index (χ1) is 8.66. The van der Waals surface area contributed by atoms with Crippen LogP contribution in [0, 0.1) is 11.3 Å². The molecule has 0 aliphatic carbocycles. The maximum absolute atomic E-state index is 7.37. The van der Waals surface area contributed by atoms with Crippen molar-refractivity contribution in [1.82, 2.24) is 0 Å². The molecule has 0 atom stereocenters. The Hall–Kier alpha value is -1.55. The van der Waals surface area contributed by atoms with Crippen molar-refractivity contribution in [2.24, 2.45) is 11.7 Å². The molecule has 4 heteroatoms. The van der Waals surface area contributed by atoms with Crippen LogP contribution in [0.25, 0.3) is 0 Å². The van der Waals surface area contributed by atoms with E-state index < -0.39 is 0 Å². The van der Waals surface area contributed by atoms with Crippen LogP contribution in [0.5, 0.6) is 0 Å². The molecule has 18 heavy (non-hydrogen) atoms. The topological polar surface area (TPSA) is 62.3 Å². The van der Waals surface area contributed by atoms with E-state index in [-0.39, 0.29) is 5.84 Å². The number of ether oxygens (including phenoxy) is 1. The lowest BCUT2D eigenvalue weighted by Gasteiger charge is -2.28. The third kappa shape index (κ3) is 3.23. The molecule has 0 bridgehead atoms. The number of anilines is 1. The fraction of sp³-hybridized carbons (Fsp3) is 0.500. The van der Waals surface area contributed by atoms with E-state index in [2.05, 4.69) is 11.9 Å². The fourth-order valence-electron chi connectivity index (χ4n) is 2.32. The van der Waals surface area contributed by atoms with Gasteiger partial charge >= 0.3 is 0 Å². The van der Waals surface area contributed by atoms with Gasteiger partial charge in [-0.2, -0.15) is 0 Å². The van der Waals surface area contributed by atoms with Crippen LogP contribution in [-0.2, 0) is 4.74 Å². The van der Waals surface area contributed by atoms with Crippen molar-refractivity contribution >= 4 is 11.5 Å². The Bertz CT molecular complexity index is 396. The van der Waals surface area contributed by atoms with Gasteiger partial charge in [-0.15, -0.1) is 0 Å². The second-order valence-electron chi connectivity index (χ2n) is 4.90. The molecule has 1 saturated heterocycles. The zero-order chi connectivity index (χ0) is 13.0. The fourth-order valence-corrected chi connectivity index (χ4v) is 2.32. The molecular formula is C14H21N3O. The van der Waals surface area contributed by atoms with Crippen LogP contribution in [0.1, 0.15) is 18.4 Å². The number of benzene rings is 1. The van der Waals surface area contributed by atoms with Gasteiger partial charge in [0.1, 0.15) is 5.84 Å². The predicted octanol–water partition coefficient (Wildman–Crippen LogP) is 1.83. The molecule has 0 radical (unpaired) electrons. The van der Waals surface area contributed by atoms with Gasteiger partial charge in [-0.1, -0.05) is 0 Å². The van der Waals surface area contributed by atoms with E-state index in [1.54, 1.807) is 0 Å².